The van der Waals surface area contributed by atoms with Crippen LogP contribution in [0.1, 0.15) is 23.3 Å². The summed E-state index contributed by atoms with van der Waals surface area (Å²) in [5.41, 5.74) is 1.28. The van der Waals surface area contributed by atoms with Gasteiger partial charge in [-0.3, -0.25) is 4.79 Å². The maximum Gasteiger partial charge on any atom is 0.270 e. The summed E-state index contributed by atoms with van der Waals surface area (Å²) in [6, 6.07) is 0. The van der Waals surface area contributed by atoms with Crippen molar-refractivity contribution in [2.75, 3.05) is 26.9 Å². The van der Waals surface area contributed by atoms with Crippen LogP contribution in [0.3, 0.4) is 0 Å². The number of hydrogen-bond acceptors (Lipinski definition) is 6. The molecule has 6 nitrogen and oxygen atoms in total. The predicted molar refractivity (Wildman–Crippen MR) is 99.6 cm³/mol. The van der Waals surface area contributed by atoms with Gasteiger partial charge in [-0.2, -0.15) is 0 Å². The average Bonchev–Trinajstić information content (AvgIpc) is 3.19. The molecule has 3 aromatic heterocycles. The molecule has 0 aliphatic heterocycles. The molecule has 1 aliphatic carbocycles. The number of aryl methyl sites for hydroxylation is 3. The van der Waals surface area contributed by atoms with Crippen LogP contribution in [0.5, 0.6) is 0 Å². The highest BCUT2D eigenvalue weighted by atomic mass is 32.2. The Morgan fingerprint density at radius 2 is 2.17 bits per heavy atom. The summed E-state index contributed by atoms with van der Waals surface area (Å²) in [5.74, 6) is 0.676. The van der Waals surface area contributed by atoms with Crippen molar-refractivity contribution >= 4 is 39.1 Å². The molecule has 0 atom stereocenters. The highest BCUT2D eigenvalue weighted by Gasteiger charge is 2.24. The molecule has 0 aromatic carbocycles. The Kier molecular flexibility index (Phi) is 4.14. The lowest BCUT2D eigenvalue weighted by Crippen LogP contribution is -2.17. The molecule has 24 heavy (non-hydrogen) atoms. The first-order valence-corrected chi connectivity index (χ1v) is 10.3. The second kappa shape index (κ2) is 6.16. The van der Waals surface area contributed by atoms with Crippen molar-refractivity contribution in [1.82, 2.24) is 24.1 Å². The predicted octanol–water partition coefficient (Wildman–Crippen LogP) is 2.27. The van der Waals surface area contributed by atoms with E-state index in [1.165, 1.54) is 22.2 Å². The molecule has 0 amide bonds. The molecule has 0 saturated carbocycles. The molecule has 0 spiro atoms. The molecule has 0 N–H and O–H groups in total. The molecule has 3 aromatic rings. The Bertz CT molecular complexity index is 969. The number of thioether (sulfide) groups is 1. The van der Waals surface area contributed by atoms with Crippen molar-refractivity contribution in [3.8, 4) is 0 Å². The van der Waals surface area contributed by atoms with Gasteiger partial charge in [0.2, 0.25) is 5.78 Å². The number of aromatic nitrogens is 4. The van der Waals surface area contributed by atoms with Crippen molar-refractivity contribution < 1.29 is 0 Å². The van der Waals surface area contributed by atoms with E-state index in [4.69, 9.17) is 4.98 Å². The molecular formula is C16H21N5OS2. The van der Waals surface area contributed by atoms with Crippen molar-refractivity contribution in [3.63, 3.8) is 0 Å². The fourth-order valence-electron chi connectivity index (χ4n) is 3.39. The summed E-state index contributed by atoms with van der Waals surface area (Å²) >= 11 is 3.19. The van der Waals surface area contributed by atoms with Gasteiger partial charge in [0.05, 0.1) is 5.39 Å². The van der Waals surface area contributed by atoms with Crippen LogP contribution in [0, 0.1) is 0 Å². The van der Waals surface area contributed by atoms with Crippen molar-refractivity contribution in [2.24, 2.45) is 0 Å². The van der Waals surface area contributed by atoms with Crippen LogP contribution in [0.15, 0.2) is 9.95 Å². The Morgan fingerprint density at radius 3 is 2.92 bits per heavy atom. The summed E-state index contributed by atoms with van der Waals surface area (Å²) in [7, 11) is 4.13. The minimum Gasteiger partial charge on any atom is -0.309 e. The zero-order valence-corrected chi connectivity index (χ0v) is 15.8. The summed E-state index contributed by atoms with van der Waals surface area (Å²) in [4.78, 5) is 22.3. The first-order chi connectivity index (χ1) is 11.6. The number of rotatable bonds is 5. The third-order valence-corrected chi connectivity index (χ3v) is 6.32. The molecule has 0 saturated heterocycles. The molecular weight excluding hydrogens is 342 g/mol. The van der Waals surface area contributed by atoms with Crippen LogP contribution in [0.2, 0.25) is 0 Å². The fourth-order valence-corrected chi connectivity index (χ4v) is 5.16. The highest BCUT2D eigenvalue weighted by Crippen LogP contribution is 2.35. The lowest BCUT2D eigenvalue weighted by Gasteiger charge is -2.08. The Balaban J connectivity index is 1.89. The average molecular weight is 364 g/mol. The third kappa shape index (κ3) is 2.48. The first-order valence-electron chi connectivity index (χ1n) is 8.22. The van der Waals surface area contributed by atoms with Gasteiger partial charge in [-0.05, 0) is 58.1 Å². The topological polar surface area (TPSA) is 55.4 Å². The van der Waals surface area contributed by atoms with E-state index in [0.717, 1.165) is 54.1 Å². The maximum atomic E-state index is 13.1. The summed E-state index contributed by atoms with van der Waals surface area (Å²) < 4.78 is 3.59. The normalized spacial score (nSPS) is 14.3. The van der Waals surface area contributed by atoms with Crippen molar-refractivity contribution in [1.29, 1.82) is 0 Å². The molecule has 4 rings (SSSR count). The third-order valence-electron chi connectivity index (χ3n) is 4.51. The standard InChI is InChI=1S/C16H21N5OS2/c1-19(2)8-5-9-20-15-17-13-12(10-6-4-7-11(10)24-13)14(22)21(15)16(18-20)23-3/h4-9H2,1-3H3. The highest BCUT2D eigenvalue weighted by molar-refractivity contribution is 7.98. The second-order valence-electron chi connectivity index (χ2n) is 6.46. The fraction of sp³-hybridized carbons (Fsp3) is 0.562. The van der Waals surface area contributed by atoms with Crippen LogP contribution < -0.4 is 5.56 Å². The molecule has 0 bridgehead atoms. The first kappa shape index (κ1) is 16.1. The molecule has 0 unspecified atom stereocenters. The zero-order valence-electron chi connectivity index (χ0n) is 14.2. The molecule has 0 radical (unpaired) electrons. The van der Waals surface area contributed by atoms with Gasteiger partial charge in [0.15, 0.2) is 5.16 Å². The Morgan fingerprint density at radius 1 is 1.33 bits per heavy atom. The number of thiophene rings is 1. The quantitative estimate of drug-likeness (QED) is 0.651. The number of nitrogens with zero attached hydrogens (tertiary/aromatic N) is 5. The minimum absolute atomic E-state index is 0.0533. The van der Waals surface area contributed by atoms with E-state index in [-0.39, 0.29) is 5.56 Å². The SMILES string of the molecule is CSc1nn(CCCN(C)C)c2nc3sc4c(c3c(=O)n12)CCC4. The van der Waals surface area contributed by atoms with Crippen LogP contribution in [0.4, 0.5) is 0 Å². The zero-order chi connectivity index (χ0) is 16.8. The number of hydrogen-bond donors (Lipinski definition) is 0. The maximum absolute atomic E-state index is 13.1. The Hall–Kier alpha value is -1.38. The van der Waals surface area contributed by atoms with E-state index in [1.807, 2.05) is 10.9 Å². The monoisotopic (exact) mass is 363 g/mol. The lowest BCUT2D eigenvalue weighted by atomic mass is 10.2. The van der Waals surface area contributed by atoms with Crippen LogP contribution in [0.25, 0.3) is 16.0 Å². The van der Waals surface area contributed by atoms with Gasteiger partial charge in [-0.1, -0.05) is 11.8 Å². The van der Waals surface area contributed by atoms with Crippen molar-refractivity contribution in [3.05, 3.63) is 20.8 Å². The molecule has 128 valence electrons. The summed E-state index contributed by atoms with van der Waals surface area (Å²) in [5, 5.41) is 6.18. The summed E-state index contributed by atoms with van der Waals surface area (Å²) in [6.45, 7) is 1.76. The molecule has 0 fully saturated rings. The van der Waals surface area contributed by atoms with Crippen molar-refractivity contribution in [2.45, 2.75) is 37.4 Å². The molecule has 1 aliphatic rings. The van der Waals surface area contributed by atoms with Gasteiger partial charge in [-0.25, -0.2) is 14.1 Å². The van der Waals surface area contributed by atoms with Gasteiger partial charge in [0.1, 0.15) is 4.83 Å². The van der Waals surface area contributed by atoms with Crippen LogP contribution >= 0.6 is 23.1 Å². The van der Waals surface area contributed by atoms with Gasteiger partial charge in [-0.15, -0.1) is 16.4 Å². The minimum atomic E-state index is 0.0533. The Labute approximate surface area is 148 Å². The van der Waals surface area contributed by atoms with Gasteiger partial charge < -0.3 is 4.90 Å². The van der Waals surface area contributed by atoms with E-state index in [0.29, 0.717) is 5.78 Å². The number of fused-ring (bicyclic) bond motifs is 4. The van der Waals surface area contributed by atoms with Crippen LogP contribution in [-0.2, 0) is 19.4 Å². The van der Waals surface area contributed by atoms with E-state index in [9.17, 15) is 4.79 Å². The van der Waals surface area contributed by atoms with Crippen LogP contribution in [-0.4, -0.2) is 51.0 Å². The smallest absolute Gasteiger partial charge is 0.270 e. The van der Waals surface area contributed by atoms with E-state index < -0.39 is 0 Å². The van der Waals surface area contributed by atoms with Gasteiger partial charge >= 0.3 is 0 Å². The van der Waals surface area contributed by atoms with Gasteiger partial charge in [0.25, 0.3) is 5.56 Å². The summed E-state index contributed by atoms with van der Waals surface area (Å²) in [6.07, 6.45) is 6.18. The van der Waals surface area contributed by atoms with E-state index >= 15 is 0 Å². The van der Waals surface area contributed by atoms with Gasteiger partial charge in [0, 0.05) is 11.4 Å². The van der Waals surface area contributed by atoms with E-state index in [2.05, 4.69) is 24.1 Å². The lowest BCUT2D eigenvalue weighted by molar-refractivity contribution is 0.381. The molecule has 8 heteroatoms. The molecule has 3 heterocycles. The second-order valence-corrected chi connectivity index (χ2v) is 8.31. The van der Waals surface area contributed by atoms with E-state index in [1.54, 1.807) is 15.7 Å². The largest absolute Gasteiger partial charge is 0.309 e.